The van der Waals surface area contributed by atoms with Crippen molar-refractivity contribution in [2.75, 3.05) is 0 Å². The quantitative estimate of drug-likeness (QED) is 0.460. The smallest absolute Gasteiger partial charge is 0.214 e. The summed E-state index contributed by atoms with van der Waals surface area (Å²) in [6.45, 7) is 2.44. The second-order valence-corrected chi connectivity index (χ2v) is 3.15. The second kappa shape index (κ2) is 7.09. The van der Waals surface area contributed by atoms with E-state index in [-0.39, 0.29) is 11.9 Å². The van der Waals surface area contributed by atoms with E-state index in [0.717, 1.165) is 12.2 Å². The zero-order chi connectivity index (χ0) is 10.4. The summed E-state index contributed by atoms with van der Waals surface area (Å²) in [5.41, 5.74) is 1.08. The number of hydrogen-bond acceptors (Lipinski definition) is 2. The molecule has 0 saturated heterocycles. The van der Waals surface area contributed by atoms with Crippen molar-refractivity contribution in [1.82, 2.24) is 5.32 Å². The third-order valence-corrected chi connectivity index (χ3v) is 1.87. The number of carbonyl (C=O) groups is 1. The molecule has 2 N–H and O–H groups in total. The van der Waals surface area contributed by atoms with Gasteiger partial charge in [0.15, 0.2) is 0 Å². The topological polar surface area (TPSA) is 49.3 Å². The molecule has 0 saturated carbocycles. The third kappa shape index (κ3) is 4.62. The van der Waals surface area contributed by atoms with Crippen LogP contribution in [0.2, 0.25) is 0 Å². The Morgan fingerprint density at radius 3 is 2.38 bits per heavy atom. The number of hydrogen-bond donors (Lipinski definition) is 2. The molecule has 1 amide bonds. The summed E-state index contributed by atoms with van der Waals surface area (Å²) >= 11 is 0. The van der Waals surface area contributed by atoms with Crippen molar-refractivity contribution in [3.63, 3.8) is 0 Å². The molecule has 0 aromatic heterocycles. The molecule has 0 unspecified atom stereocenters. The largest absolute Gasteiger partial charge is 0.564 e. The fourth-order valence-corrected chi connectivity index (χ4v) is 1.27. The maximum absolute atomic E-state index is 10.8. The van der Waals surface area contributed by atoms with Crippen LogP contribution in [0.15, 0.2) is 30.3 Å². The molecule has 0 aliphatic carbocycles. The molecule has 3 nitrogen and oxygen atoms in total. The van der Waals surface area contributed by atoms with Crippen LogP contribution < -0.4 is 5.32 Å². The fourth-order valence-electron chi connectivity index (χ4n) is 1.27. The van der Waals surface area contributed by atoms with Gasteiger partial charge < -0.3 is 10.4 Å². The minimum atomic E-state index is -0.310. The molecule has 0 heterocycles. The Labute approximate surface area is 83.8 Å². The Balaban J connectivity index is 0. The van der Waals surface area contributed by atoms with Gasteiger partial charge in [0.1, 0.15) is 0 Å². The van der Waals surface area contributed by atoms with Gasteiger partial charge in [-0.25, -0.2) is 0 Å². The number of aliphatic hydroxyl groups excluding tert-OH is 1. The first kappa shape index (κ1) is 15.1. The molecule has 1 aromatic rings. The van der Waals surface area contributed by atoms with E-state index in [0.29, 0.717) is 6.42 Å². The van der Waals surface area contributed by atoms with E-state index >= 15 is 0 Å². The van der Waals surface area contributed by atoms with Gasteiger partial charge in [0, 0.05) is 6.92 Å². The summed E-state index contributed by atoms with van der Waals surface area (Å²) in [6, 6.07) is 9.39. The number of aliphatic hydroxyl groups is 1. The number of rotatable bonds is 4. The first-order chi connectivity index (χ1) is 6.72. The molecule has 0 aliphatic heterocycles. The molecule has 1 atom stereocenters. The van der Waals surface area contributed by atoms with Crippen molar-refractivity contribution in [3.8, 4) is 0 Å². The summed E-state index contributed by atoms with van der Waals surface area (Å²) < 4.78 is 0. The van der Waals surface area contributed by atoms with E-state index in [1.165, 1.54) is 6.92 Å². The first-order valence-corrected chi connectivity index (χ1v) is 4.51. The number of nitrogens with one attached hydrogen (secondary N) is 1. The number of carbonyl (C=O) groups excluding carboxylic acids is 1. The van der Waals surface area contributed by atoms with Gasteiger partial charge in [-0.3, -0.25) is 4.79 Å². The molecular weight excluding hydrogens is 712 g/mol. The van der Waals surface area contributed by atoms with Crippen molar-refractivity contribution in [1.29, 1.82) is 0 Å². The Morgan fingerprint density at radius 1 is 1.38 bits per heavy atom. The van der Waals surface area contributed by atoms with Crippen LogP contribution in [0.1, 0.15) is 12.5 Å². The zero-order valence-electron chi connectivity index (χ0n) is 9.52. The van der Waals surface area contributed by atoms with E-state index in [2.05, 4.69) is 5.32 Å². The molecule has 0 spiro atoms. The van der Waals surface area contributed by atoms with Gasteiger partial charge in [-0.2, -0.15) is 6.61 Å². The minimum absolute atomic E-state index is 0. The maximum atomic E-state index is 10.8. The molecule has 0 radical (unpaired) electrons. The Hall–Kier alpha value is -3.35. The van der Waals surface area contributed by atoms with E-state index in [9.17, 15) is 4.79 Å². The molecule has 80 valence electrons. The number of amides is 1. The van der Waals surface area contributed by atoms with Gasteiger partial charge in [0.05, 0.1) is 0 Å². The SMILES string of the molecule is CC(=O)N[C@H]([CH-]O)Cc1ccccc1.[Rf].[Rf]. The zero-order valence-corrected chi connectivity index (χ0v) is 22.3. The van der Waals surface area contributed by atoms with E-state index in [4.69, 9.17) is 5.11 Å². The summed E-state index contributed by atoms with van der Waals surface area (Å²) in [7, 11) is 0. The molecule has 0 fully saturated rings. The van der Waals surface area contributed by atoms with Gasteiger partial charge in [-0.15, -0.1) is 0 Å². The van der Waals surface area contributed by atoms with Gasteiger partial charge in [0.2, 0.25) is 5.91 Å². The van der Waals surface area contributed by atoms with Crippen LogP contribution in [-0.2, 0) is 11.2 Å². The minimum Gasteiger partial charge on any atom is -0.564 e. The first-order valence-electron chi connectivity index (χ1n) is 4.51. The van der Waals surface area contributed by atoms with Crippen molar-refractivity contribution < 1.29 is 9.90 Å². The standard InChI is InChI=1S/C11H14NO2.2Rf/c1-9(14)12-11(8-13)7-10-5-3-2-4-6-10;;/h2-6,8,11,13H,7H2,1H3,(H,12,14);;/q-1;;/t11-;;/m0../s1. The van der Waals surface area contributed by atoms with E-state index < -0.39 is 0 Å². The van der Waals surface area contributed by atoms with Gasteiger partial charge in [0.25, 0.3) is 0 Å². The van der Waals surface area contributed by atoms with Crippen molar-refractivity contribution in [3.05, 3.63) is 42.5 Å². The molecule has 1 aromatic carbocycles. The maximum Gasteiger partial charge on any atom is 0.214 e. The Morgan fingerprint density at radius 2 is 1.94 bits per heavy atom. The Kier molecular flexibility index (Phi) is 6.71. The molecule has 0 bridgehead atoms. The summed E-state index contributed by atoms with van der Waals surface area (Å²) in [6.07, 6.45) is 0.608. The van der Waals surface area contributed by atoms with Crippen molar-refractivity contribution >= 4 is 5.91 Å². The molecule has 16 heavy (non-hydrogen) atoms. The molecule has 1 rings (SSSR count). The van der Waals surface area contributed by atoms with E-state index in [1.54, 1.807) is 0 Å². The Bertz CT molecular complexity index is 293. The van der Waals surface area contributed by atoms with Crippen LogP contribution in [0.5, 0.6) is 0 Å². The predicted octanol–water partition coefficient (Wildman–Crippen LogP) is 1.27. The van der Waals surface area contributed by atoms with Crippen molar-refractivity contribution in [2.45, 2.75) is 19.4 Å². The molecule has 5 heteroatoms. The van der Waals surface area contributed by atoms with Crippen LogP contribution in [0.3, 0.4) is 0 Å². The predicted molar refractivity (Wildman–Crippen MR) is 54.0 cm³/mol. The average molecular weight is 726 g/mol. The van der Waals surface area contributed by atoms with Gasteiger partial charge in [-0.05, 0) is 12.0 Å². The molecular formula is C11H14NO2Rf2-. The van der Waals surface area contributed by atoms with Gasteiger partial charge >= 0.3 is 0 Å². The van der Waals surface area contributed by atoms with Crippen LogP contribution >= 0.6 is 0 Å². The van der Waals surface area contributed by atoms with Crippen LogP contribution in [0.4, 0.5) is 0 Å². The van der Waals surface area contributed by atoms with E-state index in [1.807, 2.05) is 30.3 Å². The third-order valence-electron chi connectivity index (χ3n) is 1.87. The molecule has 0 aliphatic rings. The van der Waals surface area contributed by atoms with Crippen LogP contribution in [0, 0.1) is 6.61 Å². The monoisotopic (exact) mass is 726 g/mol. The summed E-state index contributed by atoms with van der Waals surface area (Å²) in [4.78, 5) is 10.8. The average Bonchev–Trinajstić information content (AvgIpc) is 2.17. The van der Waals surface area contributed by atoms with Crippen LogP contribution in [-0.4, -0.2) is 17.1 Å². The summed E-state index contributed by atoms with van der Waals surface area (Å²) in [5, 5.41) is 11.5. The fraction of sp³-hybridized carbons (Fsp3) is 0.273. The van der Waals surface area contributed by atoms with Crippen molar-refractivity contribution in [2.24, 2.45) is 0 Å². The summed E-state index contributed by atoms with van der Waals surface area (Å²) in [5.74, 6) is -0.142. The van der Waals surface area contributed by atoms with Gasteiger partial charge in [-0.1, -0.05) is 36.4 Å². The second-order valence-electron chi connectivity index (χ2n) is 3.15. The normalized spacial score (nSPS) is 10.6. The van der Waals surface area contributed by atoms with Crippen LogP contribution in [0.25, 0.3) is 0 Å². The number of benzene rings is 1.